The smallest absolute Gasteiger partial charge is 0.326 e. The molecule has 0 aliphatic heterocycles. The number of nitro benzene ring substituents is 1. The van der Waals surface area contributed by atoms with Crippen molar-refractivity contribution in [3.63, 3.8) is 0 Å². The van der Waals surface area contributed by atoms with Crippen LogP contribution in [0.2, 0.25) is 0 Å². The lowest BCUT2D eigenvalue weighted by atomic mass is 10.1. The molecule has 1 atom stereocenters. The average molecular weight is 254 g/mol. The molecule has 0 fully saturated rings. The predicted molar refractivity (Wildman–Crippen MR) is 59.1 cm³/mol. The fraction of sp³-hybridized carbons (Fsp3) is 0.200. The number of carboxylic acid groups (broad SMARTS) is 1. The molecule has 0 radical (unpaired) electrons. The number of carbonyl (C=O) groups is 2. The van der Waals surface area contributed by atoms with Crippen LogP contribution in [0.5, 0.6) is 5.75 Å². The van der Waals surface area contributed by atoms with Gasteiger partial charge in [0.2, 0.25) is 6.41 Å². The molecule has 3 N–H and O–H groups in total. The highest BCUT2D eigenvalue weighted by molar-refractivity contribution is 5.76. The monoisotopic (exact) mass is 254 g/mol. The van der Waals surface area contributed by atoms with Crippen molar-refractivity contribution in [2.24, 2.45) is 0 Å². The van der Waals surface area contributed by atoms with Gasteiger partial charge in [-0.25, -0.2) is 4.79 Å². The first-order valence-corrected chi connectivity index (χ1v) is 4.84. The lowest BCUT2D eigenvalue weighted by Gasteiger charge is -2.10. The minimum atomic E-state index is -1.25. The zero-order chi connectivity index (χ0) is 13.7. The van der Waals surface area contributed by atoms with E-state index in [0.29, 0.717) is 5.56 Å². The van der Waals surface area contributed by atoms with Crippen LogP contribution in [0, 0.1) is 10.1 Å². The van der Waals surface area contributed by atoms with E-state index in [2.05, 4.69) is 5.32 Å². The standard InChI is InChI=1S/C10H10N2O6/c13-5-11-7(10(15)16)3-6-1-2-9(14)8(4-6)12(17)18/h1-2,4-5,7,14H,3H2,(H,11,13)(H,15,16)/t7-/m1/s1. The van der Waals surface area contributed by atoms with Gasteiger partial charge in [0.15, 0.2) is 5.75 Å². The Labute approximate surface area is 101 Å². The first-order valence-electron chi connectivity index (χ1n) is 4.84. The number of phenols is 1. The Morgan fingerprint density at radius 3 is 2.72 bits per heavy atom. The van der Waals surface area contributed by atoms with Gasteiger partial charge in [-0.05, 0) is 11.6 Å². The minimum absolute atomic E-state index is 0.116. The molecule has 8 heteroatoms. The summed E-state index contributed by atoms with van der Waals surface area (Å²) in [7, 11) is 0. The van der Waals surface area contributed by atoms with Crippen molar-refractivity contribution in [3.05, 3.63) is 33.9 Å². The maximum absolute atomic E-state index is 10.8. The summed E-state index contributed by atoms with van der Waals surface area (Å²) in [6.07, 6.45) is 0.128. The first kappa shape index (κ1) is 13.4. The van der Waals surface area contributed by atoms with Gasteiger partial charge in [-0.1, -0.05) is 6.07 Å². The number of aromatic hydroxyl groups is 1. The highest BCUT2D eigenvalue weighted by Crippen LogP contribution is 2.26. The molecule has 1 rings (SSSR count). The average Bonchev–Trinajstić information content (AvgIpc) is 2.30. The topological polar surface area (TPSA) is 130 Å². The number of hydrogen-bond donors (Lipinski definition) is 3. The lowest BCUT2D eigenvalue weighted by Crippen LogP contribution is -2.37. The normalized spacial score (nSPS) is 11.6. The summed E-state index contributed by atoms with van der Waals surface area (Å²) in [5.41, 5.74) is -0.191. The molecular formula is C10H10N2O6. The molecule has 0 spiro atoms. The van der Waals surface area contributed by atoms with Gasteiger partial charge in [0.05, 0.1) is 4.92 Å². The van der Waals surface area contributed by atoms with Crippen molar-refractivity contribution >= 4 is 18.1 Å². The zero-order valence-corrected chi connectivity index (χ0v) is 9.07. The molecule has 0 unspecified atom stereocenters. The number of nitrogens with one attached hydrogen (secondary N) is 1. The third-order valence-corrected chi connectivity index (χ3v) is 2.24. The van der Waals surface area contributed by atoms with E-state index in [0.717, 1.165) is 12.1 Å². The summed E-state index contributed by atoms with van der Waals surface area (Å²) < 4.78 is 0. The van der Waals surface area contributed by atoms with E-state index in [1.165, 1.54) is 6.07 Å². The van der Waals surface area contributed by atoms with Crippen LogP contribution in [0.25, 0.3) is 0 Å². The van der Waals surface area contributed by atoms with Crippen molar-refractivity contribution in [1.29, 1.82) is 0 Å². The summed E-state index contributed by atoms with van der Waals surface area (Å²) >= 11 is 0. The molecule has 0 aliphatic rings. The number of aliphatic carboxylic acids is 1. The summed E-state index contributed by atoms with van der Waals surface area (Å²) in [4.78, 5) is 30.8. The van der Waals surface area contributed by atoms with E-state index < -0.39 is 28.4 Å². The second kappa shape index (κ2) is 5.62. The molecule has 0 heterocycles. The highest BCUT2D eigenvalue weighted by atomic mass is 16.6. The van der Waals surface area contributed by atoms with Crippen LogP contribution in [-0.4, -0.2) is 33.6 Å². The Morgan fingerprint density at radius 2 is 2.22 bits per heavy atom. The largest absolute Gasteiger partial charge is 0.502 e. The Hall–Kier alpha value is -2.64. The number of nitrogens with zero attached hydrogens (tertiary/aromatic N) is 1. The van der Waals surface area contributed by atoms with Crippen LogP contribution in [-0.2, 0) is 16.0 Å². The first-order chi connectivity index (χ1) is 8.45. The third-order valence-electron chi connectivity index (χ3n) is 2.24. The molecule has 1 amide bonds. The second-order valence-electron chi connectivity index (χ2n) is 3.46. The van der Waals surface area contributed by atoms with Gasteiger partial charge in [-0.15, -0.1) is 0 Å². The fourth-order valence-corrected chi connectivity index (χ4v) is 1.38. The molecule has 0 saturated heterocycles. The molecule has 0 bridgehead atoms. The molecule has 96 valence electrons. The summed E-state index contributed by atoms with van der Waals surface area (Å²) in [6, 6.07) is 2.35. The molecule has 18 heavy (non-hydrogen) atoms. The second-order valence-corrected chi connectivity index (χ2v) is 3.46. The van der Waals surface area contributed by atoms with Crippen LogP contribution in [0.4, 0.5) is 5.69 Å². The number of hydrogen-bond acceptors (Lipinski definition) is 5. The van der Waals surface area contributed by atoms with Gasteiger partial charge in [0.25, 0.3) is 0 Å². The molecule has 1 aromatic rings. The summed E-state index contributed by atoms with van der Waals surface area (Å²) in [5.74, 6) is -1.75. The van der Waals surface area contributed by atoms with E-state index in [4.69, 9.17) is 5.11 Å². The molecule has 1 aromatic carbocycles. The van der Waals surface area contributed by atoms with Gasteiger partial charge < -0.3 is 15.5 Å². The Kier molecular flexibility index (Phi) is 4.19. The van der Waals surface area contributed by atoms with E-state index in [9.17, 15) is 24.8 Å². The summed E-state index contributed by atoms with van der Waals surface area (Å²) in [6.45, 7) is 0. The molecular weight excluding hydrogens is 244 g/mol. The van der Waals surface area contributed by atoms with Crippen LogP contribution in [0.1, 0.15) is 5.56 Å². The highest BCUT2D eigenvalue weighted by Gasteiger charge is 2.19. The number of carboxylic acids is 1. The minimum Gasteiger partial charge on any atom is -0.502 e. The number of rotatable bonds is 6. The fourth-order valence-electron chi connectivity index (χ4n) is 1.38. The van der Waals surface area contributed by atoms with Gasteiger partial charge in [0.1, 0.15) is 6.04 Å². The van der Waals surface area contributed by atoms with Crippen LogP contribution >= 0.6 is 0 Å². The van der Waals surface area contributed by atoms with Crippen molar-refractivity contribution < 1.29 is 24.7 Å². The van der Waals surface area contributed by atoms with Crippen molar-refractivity contribution in [1.82, 2.24) is 5.32 Å². The maximum atomic E-state index is 10.8. The maximum Gasteiger partial charge on any atom is 0.326 e. The third kappa shape index (κ3) is 3.17. The molecule has 0 saturated carbocycles. The Bertz CT molecular complexity index is 487. The number of nitro groups is 1. The zero-order valence-electron chi connectivity index (χ0n) is 9.07. The van der Waals surface area contributed by atoms with Crippen molar-refractivity contribution in [2.75, 3.05) is 0 Å². The lowest BCUT2D eigenvalue weighted by molar-refractivity contribution is -0.385. The van der Waals surface area contributed by atoms with E-state index in [-0.39, 0.29) is 12.8 Å². The Morgan fingerprint density at radius 1 is 1.56 bits per heavy atom. The SMILES string of the molecule is O=CN[C@H](Cc1ccc(O)c([N+](=O)[O-])c1)C(=O)O. The van der Waals surface area contributed by atoms with Gasteiger partial charge in [-0.2, -0.15) is 0 Å². The van der Waals surface area contributed by atoms with Crippen LogP contribution in [0.15, 0.2) is 18.2 Å². The Balaban J connectivity index is 2.96. The number of benzene rings is 1. The van der Waals surface area contributed by atoms with Crippen LogP contribution < -0.4 is 5.32 Å². The predicted octanol–water partition coefficient (Wildman–Crippen LogP) is 0.0421. The van der Waals surface area contributed by atoms with Crippen LogP contribution in [0.3, 0.4) is 0 Å². The van der Waals surface area contributed by atoms with E-state index >= 15 is 0 Å². The summed E-state index contributed by atoms with van der Waals surface area (Å²) in [5, 5.41) is 30.7. The van der Waals surface area contributed by atoms with Crippen molar-refractivity contribution in [3.8, 4) is 5.75 Å². The number of carbonyl (C=O) groups excluding carboxylic acids is 1. The van der Waals surface area contributed by atoms with Gasteiger partial charge in [0, 0.05) is 12.5 Å². The molecule has 8 nitrogen and oxygen atoms in total. The van der Waals surface area contributed by atoms with Crippen molar-refractivity contribution in [2.45, 2.75) is 12.5 Å². The molecule has 0 aliphatic carbocycles. The number of phenolic OH excluding ortho intramolecular Hbond substituents is 1. The van der Waals surface area contributed by atoms with Gasteiger partial charge >= 0.3 is 11.7 Å². The quantitative estimate of drug-likeness (QED) is 0.373. The number of amides is 1. The van der Waals surface area contributed by atoms with E-state index in [1.807, 2.05) is 0 Å². The van der Waals surface area contributed by atoms with Gasteiger partial charge in [-0.3, -0.25) is 14.9 Å². The van der Waals surface area contributed by atoms with E-state index in [1.54, 1.807) is 0 Å². The molecule has 0 aromatic heterocycles.